The Bertz CT molecular complexity index is 430. The monoisotopic (exact) mass is 305 g/mol. The molecule has 112 valence electrons. The van der Waals surface area contributed by atoms with Gasteiger partial charge in [0.25, 0.3) is 0 Å². The number of hydrogen-bond donors (Lipinski definition) is 0. The number of likely N-dealkylation sites (tertiary alicyclic amines) is 1. The lowest BCUT2D eigenvalue weighted by atomic mass is 9.97. The van der Waals surface area contributed by atoms with E-state index in [0.29, 0.717) is 13.1 Å². The number of halogens is 3. The van der Waals surface area contributed by atoms with E-state index in [2.05, 4.69) is 4.74 Å². The van der Waals surface area contributed by atoms with Gasteiger partial charge in [0.05, 0.1) is 13.0 Å². The first-order valence-corrected chi connectivity index (χ1v) is 6.24. The van der Waals surface area contributed by atoms with E-state index < -0.39 is 24.2 Å². The highest BCUT2D eigenvalue weighted by atomic mass is 35.5. The average Bonchev–Trinajstić information content (AvgIpc) is 2.83. The predicted molar refractivity (Wildman–Crippen MR) is 74.0 cm³/mol. The van der Waals surface area contributed by atoms with Crippen LogP contribution in [0.2, 0.25) is 0 Å². The summed E-state index contributed by atoms with van der Waals surface area (Å²) in [6.07, 6.45) is -2.50. The van der Waals surface area contributed by atoms with Crippen LogP contribution in [-0.4, -0.2) is 37.5 Å². The van der Waals surface area contributed by atoms with Gasteiger partial charge in [-0.25, -0.2) is 8.78 Å². The van der Waals surface area contributed by atoms with Crippen LogP contribution in [0.1, 0.15) is 5.56 Å². The molecule has 0 spiro atoms. The Labute approximate surface area is 123 Å². The van der Waals surface area contributed by atoms with E-state index in [9.17, 15) is 13.6 Å². The number of ether oxygens (including phenoxy) is 1. The summed E-state index contributed by atoms with van der Waals surface area (Å²) in [4.78, 5) is 13.4. The van der Waals surface area contributed by atoms with Crippen molar-refractivity contribution in [3.05, 3.63) is 35.9 Å². The van der Waals surface area contributed by atoms with Gasteiger partial charge in [-0.15, -0.1) is 12.4 Å². The maximum atomic E-state index is 13.0. The molecule has 0 N–H and O–H groups in total. The van der Waals surface area contributed by atoms with E-state index in [1.165, 1.54) is 7.11 Å². The van der Waals surface area contributed by atoms with Crippen molar-refractivity contribution in [1.29, 1.82) is 0 Å². The molecule has 20 heavy (non-hydrogen) atoms. The molecule has 0 bridgehead atoms. The maximum Gasteiger partial charge on any atom is 0.310 e. The number of nitrogens with zero attached hydrogens (tertiary/aromatic N) is 1. The molecule has 2 rings (SSSR count). The van der Waals surface area contributed by atoms with Crippen molar-refractivity contribution < 1.29 is 18.3 Å². The van der Waals surface area contributed by atoms with E-state index >= 15 is 0 Å². The van der Waals surface area contributed by atoms with Gasteiger partial charge in [0.15, 0.2) is 0 Å². The SMILES string of the molecule is COC(=O)C1CN(Cc2ccccc2)CC1C(F)F.Cl. The maximum absolute atomic E-state index is 13.0. The number of benzene rings is 1. The number of alkyl halides is 2. The van der Waals surface area contributed by atoms with Crippen molar-refractivity contribution in [3.8, 4) is 0 Å². The second-order valence-corrected chi connectivity index (χ2v) is 4.81. The molecule has 2 unspecified atom stereocenters. The predicted octanol–water partition coefficient (Wildman–Crippen LogP) is 2.59. The molecule has 0 amide bonds. The molecule has 0 radical (unpaired) electrons. The van der Waals surface area contributed by atoms with Gasteiger partial charge in [-0.05, 0) is 5.56 Å². The second kappa shape index (κ2) is 7.55. The highest BCUT2D eigenvalue weighted by Crippen LogP contribution is 2.30. The molecule has 0 saturated carbocycles. The quantitative estimate of drug-likeness (QED) is 0.801. The summed E-state index contributed by atoms with van der Waals surface area (Å²) in [6, 6.07) is 9.62. The van der Waals surface area contributed by atoms with Crippen molar-refractivity contribution in [2.45, 2.75) is 13.0 Å². The number of rotatable bonds is 4. The van der Waals surface area contributed by atoms with Crippen molar-refractivity contribution >= 4 is 18.4 Å². The van der Waals surface area contributed by atoms with Crippen LogP contribution in [0.5, 0.6) is 0 Å². The van der Waals surface area contributed by atoms with E-state index in [1.807, 2.05) is 35.2 Å². The fraction of sp³-hybridized carbons (Fsp3) is 0.500. The lowest BCUT2D eigenvalue weighted by Crippen LogP contribution is -2.28. The minimum atomic E-state index is -2.50. The third-order valence-corrected chi connectivity index (χ3v) is 3.52. The summed E-state index contributed by atoms with van der Waals surface area (Å²) in [6.45, 7) is 1.14. The molecular weight excluding hydrogens is 288 g/mol. The zero-order valence-corrected chi connectivity index (χ0v) is 12.0. The summed E-state index contributed by atoms with van der Waals surface area (Å²) < 4.78 is 30.5. The van der Waals surface area contributed by atoms with Crippen LogP contribution < -0.4 is 0 Å². The van der Waals surface area contributed by atoms with Crippen LogP contribution in [0.3, 0.4) is 0 Å². The van der Waals surface area contributed by atoms with Crippen molar-refractivity contribution in [1.82, 2.24) is 4.90 Å². The highest BCUT2D eigenvalue weighted by Gasteiger charge is 2.43. The molecule has 3 nitrogen and oxygen atoms in total. The molecule has 2 atom stereocenters. The van der Waals surface area contributed by atoms with Gasteiger partial charge in [0.2, 0.25) is 6.43 Å². The molecule has 1 fully saturated rings. The Morgan fingerprint density at radius 1 is 1.35 bits per heavy atom. The average molecular weight is 306 g/mol. The van der Waals surface area contributed by atoms with Crippen LogP contribution in [-0.2, 0) is 16.1 Å². The zero-order chi connectivity index (χ0) is 13.8. The second-order valence-electron chi connectivity index (χ2n) is 4.81. The smallest absolute Gasteiger partial charge is 0.310 e. The summed E-state index contributed by atoms with van der Waals surface area (Å²) in [5.74, 6) is -2.20. The van der Waals surface area contributed by atoms with Gasteiger partial charge in [0, 0.05) is 25.6 Å². The fourth-order valence-electron chi connectivity index (χ4n) is 2.54. The summed E-state index contributed by atoms with van der Waals surface area (Å²) >= 11 is 0. The van der Waals surface area contributed by atoms with Gasteiger partial charge >= 0.3 is 5.97 Å². The first-order chi connectivity index (χ1) is 9.11. The first kappa shape index (κ1) is 16.9. The van der Waals surface area contributed by atoms with Crippen molar-refractivity contribution in [2.24, 2.45) is 11.8 Å². The molecule has 1 saturated heterocycles. The van der Waals surface area contributed by atoms with E-state index in [4.69, 9.17) is 0 Å². The van der Waals surface area contributed by atoms with Crippen LogP contribution in [0.4, 0.5) is 8.78 Å². The largest absolute Gasteiger partial charge is 0.469 e. The normalized spacial score (nSPS) is 22.6. The van der Waals surface area contributed by atoms with E-state index in [0.717, 1.165) is 5.56 Å². The Hall–Kier alpha value is -1.20. The molecule has 1 aromatic rings. The number of hydrogen-bond acceptors (Lipinski definition) is 3. The van der Waals surface area contributed by atoms with Crippen LogP contribution in [0.25, 0.3) is 0 Å². The summed E-state index contributed by atoms with van der Waals surface area (Å²) in [5.41, 5.74) is 1.06. The number of carbonyl (C=O) groups is 1. The standard InChI is InChI=1S/C14H17F2NO2.ClH/c1-19-14(18)12-9-17(8-11(12)13(15)16)7-10-5-3-2-4-6-10;/h2-6,11-13H,7-9H2,1H3;1H. The third-order valence-electron chi connectivity index (χ3n) is 3.52. The van der Waals surface area contributed by atoms with Gasteiger partial charge in [-0.3, -0.25) is 9.69 Å². The molecule has 1 aliphatic heterocycles. The van der Waals surface area contributed by atoms with Gasteiger partial charge in [-0.2, -0.15) is 0 Å². The van der Waals surface area contributed by atoms with Crippen molar-refractivity contribution in [3.63, 3.8) is 0 Å². The minimum Gasteiger partial charge on any atom is -0.469 e. The number of carbonyl (C=O) groups excluding carboxylic acids is 1. The van der Waals surface area contributed by atoms with E-state index in [-0.39, 0.29) is 19.0 Å². The Kier molecular flexibility index (Phi) is 6.36. The molecule has 6 heteroatoms. The first-order valence-electron chi connectivity index (χ1n) is 6.24. The number of esters is 1. The van der Waals surface area contributed by atoms with Gasteiger partial charge in [-0.1, -0.05) is 30.3 Å². The van der Waals surface area contributed by atoms with Crippen molar-refractivity contribution in [2.75, 3.05) is 20.2 Å². The molecule has 1 aromatic carbocycles. The van der Waals surface area contributed by atoms with Crippen LogP contribution in [0, 0.1) is 11.8 Å². The lowest BCUT2D eigenvalue weighted by Gasteiger charge is -2.15. The third kappa shape index (κ3) is 3.90. The van der Waals surface area contributed by atoms with E-state index in [1.54, 1.807) is 0 Å². The van der Waals surface area contributed by atoms with Crippen LogP contribution in [0.15, 0.2) is 30.3 Å². The minimum absolute atomic E-state index is 0. The molecule has 0 aliphatic carbocycles. The topological polar surface area (TPSA) is 29.5 Å². The fourth-order valence-corrected chi connectivity index (χ4v) is 2.54. The summed E-state index contributed by atoms with van der Waals surface area (Å²) in [5, 5.41) is 0. The molecular formula is C14H18ClF2NO2. The molecule has 1 aliphatic rings. The number of methoxy groups -OCH3 is 1. The lowest BCUT2D eigenvalue weighted by molar-refractivity contribution is -0.148. The zero-order valence-electron chi connectivity index (χ0n) is 11.2. The Balaban J connectivity index is 0.00000200. The van der Waals surface area contributed by atoms with Gasteiger partial charge < -0.3 is 4.74 Å². The summed E-state index contributed by atoms with van der Waals surface area (Å²) in [7, 11) is 1.24. The Morgan fingerprint density at radius 3 is 2.55 bits per heavy atom. The molecule has 1 heterocycles. The van der Waals surface area contributed by atoms with Crippen LogP contribution >= 0.6 is 12.4 Å². The highest BCUT2D eigenvalue weighted by molar-refractivity contribution is 5.85. The molecule has 0 aromatic heterocycles. The van der Waals surface area contributed by atoms with Gasteiger partial charge in [0.1, 0.15) is 0 Å². The Morgan fingerprint density at radius 2 is 2.00 bits per heavy atom.